The Labute approximate surface area is 98.7 Å². The Kier molecular flexibility index (Phi) is 3.76. The van der Waals surface area contributed by atoms with Crippen LogP contribution in [0, 0.1) is 0 Å². The van der Waals surface area contributed by atoms with E-state index in [1.807, 2.05) is 0 Å². The minimum Gasteiger partial charge on any atom is -0.460 e. The molecule has 0 spiro atoms. The molecular formula is C11H18F3NO2. The van der Waals surface area contributed by atoms with Gasteiger partial charge in [0.25, 0.3) is 0 Å². The summed E-state index contributed by atoms with van der Waals surface area (Å²) in [5.41, 5.74) is -2.35. The van der Waals surface area contributed by atoms with Gasteiger partial charge in [0.15, 0.2) is 0 Å². The lowest BCUT2D eigenvalue weighted by Gasteiger charge is -2.22. The lowest BCUT2D eigenvalue weighted by atomic mass is 10.2. The second-order valence-corrected chi connectivity index (χ2v) is 5.34. The maximum absolute atomic E-state index is 12.5. The van der Waals surface area contributed by atoms with Crippen molar-refractivity contribution in [1.29, 1.82) is 0 Å². The number of alkyl halides is 3. The third kappa shape index (κ3) is 4.18. The predicted octanol–water partition coefficient (Wildman–Crippen LogP) is 2.40. The summed E-state index contributed by atoms with van der Waals surface area (Å²) in [6.07, 6.45) is -4.11. The first-order valence-electron chi connectivity index (χ1n) is 5.59. The molecule has 0 unspecified atom stereocenters. The van der Waals surface area contributed by atoms with Gasteiger partial charge in [0.05, 0.1) is 6.42 Å². The van der Waals surface area contributed by atoms with Gasteiger partial charge in [-0.2, -0.15) is 13.2 Å². The highest BCUT2D eigenvalue weighted by molar-refractivity contribution is 5.70. The highest BCUT2D eigenvalue weighted by Crippen LogP contribution is 2.48. The van der Waals surface area contributed by atoms with Crippen LogP contribution in [0.4, 0.5) is 13.2 Å². The average Bonchev–Trinajstić information content (AvgIpc) is 2.79. The molecule has 0 aromatic rings. The number of hydrogen-bond donors (Lipinski definition) is 1. The monoisotopic (exact) mass is 253 g/mol. The standard InChI is InChI=1S/C11H18F3NO2/c1-9(2,3)17-8(16)4-7-15-10(5-6-10)11(12,13)14/h15H,4-7H2,1-3H3. The third-order valence-electron chi connectivity index (χ3n) is 2.51. The molecule has 1 N–H and O–H groups in total. The van der Waals surface area contributed by atoms with E-state index in [-0.39, 0.29) is 25.8 Å². The van der Waals surface area contributed by atoms with Crippen LogP contribution in [-0.2, 0) is 9.53 Å². The van der Waals surface area contributed by atoms with E-state index in [1.54, 1.807) is 20.8 Å². The number of esters is 1. The summed E-state index contributed by atoms with van der Waals surface area (Å²) in [4.78, 5) is 11.3. The summed E-state index contributed by atoms with van der Waals surface area (Å²) in [5, 5.41) is 2.40. The van der Waals surface area contributed by atoms with Crippen LogP contribution in [0.2, 0.25) is 0 Å². The number of halogens is 3. The third-order valence-corrected chi connectivity index (χ3v) is 2.51. The second kappa shape index (κ2) is 4.48. The fraction of sp³-hybridized carbons (Fsp3) is 0.909. The van der Waals surface area contributed by atoms with Crippen LogP contribution in [0.5, 0.6) is 0 Å². The molecule has 1 rings (SSSR count). The number of ether oxygens (including phenoxy) is 1. The Bertz CT molecular complexity index is 290. The van der Waals surface area contributed by atoms with Crippen LogP contribution in [0.15, 0.2) is 0 Å². The van der Waals surface area contributed by atoms with Crippen LogP contribution in [-0.4, -0.2) is 29.8 Å². The highest BCUT2D eigenvalue weighted by Gasteiger charge is 2.62. The molecule has 0 saturated heterocycles. The maximum atomic E-state index is 12.5. The first kappa shape index (κ1) is 14.3. The summed E-state index contributed by atoms with van der Waals surface area (Å²) < 4.78 is 42.5. The SMILES string of the molecule is CC(C)(C)OC(=O)CCNC1(C(F)(F)F)CC1. The van der Waals surface area contributed by atoms with E-state index in [2.05, 4.69) is 5.32 Å². The fourth-order valence-electron chi connectivity index (χ4n) is 1.48. The highest BCUT2D eigenvalue weighted by atomic mass is 19.4. The lowest BCUT2D eigenvalue weighted by Crippen LogP contribution is -2.45. The summed E-state index contributed by atoms with van der Waals surface area (Å²) >= 11 is 0. The van der Waals surface area contributed by atoms with Gasteiger partial charge in [-0.15, -0.1) is 0 Å². The van der Waals surface area contributed by atoms with E-state index < -0.39 is 23.3 Å². The van der Waals surface area contributed by atoms with Gasteiger partial charge in [-0.1, -0.05) is 0 Å². The lowest BCUT2D eigenvalue weighted by molar-refractivity contribution is -0.167. The minimum absolute atomic E-state index is 0.00553. The van der Waals surface area contributed by atoms with Gasteiger partial charge in [-0.05, 0) is 33.6 Å². The minimum atomic E-state index is -4.24. The van der Waals surface area contributed by atoms with E-state index in [1.165, 1.54) is 0 Å². The van der Waals surface area contributed by atoms with Crippen molar-refractivity contribution in [3.63, 3.8) is 0 Å². The molecule has 17 heavy (non-hydrogen) atoms. The van der Waals surface area contributed by atoms with E-state index in [0.29, 0.717) is 0 Å². The van der Waals surface area contributed by atoms with Crippen molar-refractivity contribution >= 4 is 5.97 Å². The molecule has 1 fully saturated rings. The summed E-state index contributed by atoms with van der Waals surface area (Å²) in [6.45, 7) is 5.15. The van der Waals surface area contributed by atoms with Crippen molar-refractivity contribution in [2.45, 2.75) is 57.3 Å². The molecular weight excluding hydrogens is 235 g/mol. The van der Waals surface area contributed by atoms with Gasteiger partial charge < -0.3 is 10.1 Å². The molecule has 0 bridgehead atoms. The first-order chi connectivity index (χ1) is 7.56. The molecule has 0 amide bonds. The average molecular weight is 253 g/mol. The van der Waals surface area contributed by atoms with Crippen molar-refractivity contribution in [2.75, 3.05) is 6.54 Å². The maximum Gasteiger partial charge on any atom is 0.406 e. The number of carbonyl (C=O) groups excluding carboxylic acids is 1. The Morgan fingerprint density at radius 1 is 1.29 bits per heavy atom. The molecule has 0 aromatic carbocycles. The molecule has 0 atom stereocenters. The largest absolute Gasteiger partial charge is 0.460 e. The Morgan fingerprint density at radius 2 is 1.82 bits per heavy atom. The summed E-state index contributed by atoms with van der Waals surface area (Å²) in [6, 6.07) is 0. The van der Waals surface area contributed by atoms with Gasteiger partial charge in [0.2, 0.25) is 0 Å². The van der Waals surface area contributed by atoms with Crippen LogP contribution < -0.4 is 5.32 Å². The van der Waals surface area contributed by atoms with Crippen LogP contribution in [0.3, 0.4) is 0 Å². The molecule has 0 aromatic heterocycles. The zero-order valence-electron chi connectivity index (χ0n) is 10.3. The van der Waals surface area contributed by atoms with Crippen LogP contribution in [0.25, 0.3) is 0 Å². The smallest absolute Gasteiger partial charge is 0.406 e. The molecule has 0 heterocycles. The molecule has 0 radical (unpaired) electrons. The van der Waals surface area contributed by atoms with Gasteiger partial charge in [-0.3, -0.25) is 4.79 Å². The van der Waals surface area contributed by atoms with Crippen LogP contribution >= 0.6 is 0 Å². The van der Waals surface area contributed by atoms with Gasteiger partial charge >= 0.3 is 12.1 Å². The van der Waals surface area contributed by atoms with Crippen molar-refractivity contribution in [1.82, 2.24) is 5.32 Å². The molecule has 1 saturated carbocycles. The number of rotatable bonds is 4. The van der Waals surface area contributed by atoms with Gasteiger partial charge in [-0.25, -0.2) is 0 Å². The summed E-state index contributed by atoms with van der Waals surface area (Å²) in [7, 11) is 0. The molecule has 1 aliphatic carbocycles. The Balaban J connectivity index is 2.28. The van der Waals surface area contributed by atoms with Gasteiger partial charge in [0.1, 0.15) is 11.1 Å². The summed E-state index contributed by atoms with van der Waals surface area (Å²) in [5.74, 6) is -0.483. The first-order valence-corrected chi connectivity index (χ1v) is 5.59. The van der Waals surface area contributed by atoms with Crippen LogP contribution in [0.1, 0.15) is 40.0 Å². The fourth-order valence-corrected chi connectivity index (χ4v) is 1.48. The molecule has 3 nitrogen and oxygen atoms in total. The molecule has 1 aliphatic rings. The number of carbonyl (C=O) groups is 1. The van der Waals surface area contributed by atoms with E-state index in [4.69, 9.17) is 4.74 Å². The topological polar surface area (TPSA) is 38.3 Å². The van der Waals surface area contributed by atoms with Crippen molar-refractivity contribution < 1.29 is 22.7 Å². The Hall–Kier alpha value is -0.780. The second-order valence-electron chi connectivity index (χ2n) is 5.34. The Morgan fingerprint density at radius 3 is 2.18 bits per heavy atom. The molecule has 100 valence electrons. The number of nitrogens with one attached hydrogen (secondary N) is 1. The van der Waals surface area contributed by atoms with Crippen molar-refractivity contribution in [3.05, 3.63) is 0 Å². The van der Waals surface area contributed by atoms with E-state index >= 15 is 0 Å². The quantitative estimate of drug-likeness (QED) is 0.782. The molecule has 0 aliphatic heterocycles. The normalized spacial score (nSPS) is 18.9. The zero-order valence-corrected chi connectivity index (χ0v) is 10.3. The van der Waals surface area contributed by atoms with E-state index in [0.717, 1.165) is 0 Å². The number of hydrogen-bond acceptors (Lipinski definition) is 3. The van der Waals surface area contributed by atoms with E-state index in [9.17, 15) is 18.0 Å². The predicted molar refractivity (Wildman–Crippen MR) is 56.5 cm³/mol. The zero-order chi connectivity index (χ0) is 13.3. The van der Waals surface area contributed by atoms with Crippen molar-refractivity contribution in [3.8, 4) is 0 Å². The molecule has 6 heteroatoms. The van der Waals surface area contributed by atoms with Gasteiger partial charge in [0, 0.05) is 6.54 Å². The van der Waals surface area contributed by atoms with Crippen molar-refractivity contribution in [2.24, 2.45) is 0 Å².